The van der Waals surface area contributed by atoms with Crippen LogP contribution in [0.15, 0.2) is 0 Å². The van der Waals surface area contributed by atoms with Crippen LogP contribution in [0.2, 0.25) is 0 Å². The lowest BCUT2D eigenvalue weighted by atomic mass is 9.98. The van der Waals surface area contributed by atoms with Crippen molar-refractivity contribution >= 4 is 0 Å². The highest BCUT2D eigenvalue weighted by Crippen LogP contribution is 2.19. The van der Waals surface area contributed by atoms with Crippen LogP contribution in [0.3, 0.4) is 0 Å². The molecule has 1 aliphatic heterocycles. The fourth-order valence-electron chi connectivity index (χ4n) is 2.58. The third-order valence-electron chi connectivity index (χ3n) is 3.63. The molecule has 0 amide bonds. The maximum atomic E-state index is 9.11. The van der Waals surface area contributed by atoms with Gasteiger partial charge in [0.15, 0.2) is 0 Å². The Balaban J connectivity index is 2.26. The topological polar surface area (TPSA) is 52.7 Å². The van der Waals surface area contributed by atoms with Crippen molar-refractivity contribution in [1.82, 2.24) is 9.80 Å². The predicted octanol–water partition coefficient (Wildman–Crippen LogP) is 0.502. The van der Waals surface area contributed by atoms with Gasteiger partial charge in [0, 0.05) is 18.1 Å². The van der Waals surface area contributed by atoms with E-state index in [4.69, 9.17) is 10.8 Å². The Morgan fingerprint density at radius 3 is 2.76 bits per heavy atom. The van der Waals surface area contributed by atoms with E-state index < -0.39 is 5.54 Å². The first-order valence-corrected chi connectivity index (χ1v) is 6.73. The van der Waals surface area contributed by atoms with Crippen LogP contribution in [0.25, 0.3) is 0 Å². The second kappa shape index (κ2) is 6.69. The van der Waals surface area contributed by atoms with Crippen molar-refractivity contribution in [3.63, 3.8) is 0 Å². The molecule has 4 heteroatoms. The van der Waals surface area contributed by atoms with E-state index in [0.717, 1.165) is 25.9 Å². The van der Waals surface area contributed by atoms with Crippen LogP contribution in [0.1, 0.15) is 32.6 Å². The van der Waals surface area contributed by atoms with Gasteiger partial charge in [-0.05, 0) is 59.8 Å². The van der Waals surface area contributed by atoms with E-state index in [0.29, 0.717) is 6.04 Å². The molecular weight excluding hydrogens is 214 g/mol. The van der Waals surface area contributed by atoms with E-state index in [9.17, 15) is 0 Å². The zero-order valence-corrected chi connectivity index (χ0v) is 11.7. The smallest absolute Gasteiger partial charge is 0.0608 e. The Kier molecular flexibility index (Phi) is 5.86. The van der Waals surface area contributed by atoms with Crippen molar-refractivity contribution in [2.45, 2.75) is 44.2 Å². The number of nitrogens with two attached hydrogens (primary N) is 1. The van der Waals surface area contributed by atoms with E-state index >= 15 is 0 Å². The van der Waals surface area contributed by atoms with Crippen LogP contribution in [-0.4, -0.2) is 66.8 Å². The number of likely N-dealkylation sites (N-methyl/N-ethyl adjacent to an activating group) is 1. The first-order chi connectivity index (χ1) is 7.94. The first-order valence-electron chi connectivity index (χ1n) is 6.73. The minimum absolute atomic E-state index is 0.0775. The predicted molar refractivity (Wildman–Crippen MR) is 72.1 cm³/mol. The highest BCUT2D eigenvalue weighted by atomic mass is 16.3. The SMILES string of the molecule is CN(C)CC1CCCN1CCCC(C)(N)CO. The van der Waals surface area contributed by atoms with Gasteiger partial charge in [0.25, 0.3) is 0 Å². The lowest BCUT2D eigenvalue weighted by Crippen LogP contribution is -2.42. The number of nitrogens with zero attached hydrogens (tertiary/aromatic N) is 2. The molecule has 1 rings (SSSR count). The van der Waals surface area contributed by atoms with Gasteiger partial charge in [-0.3, -0.25) is 4.90 Å². The minimum Gasteiger partial charge on any atom is -0.394 e. The molecule has 0 aromatic heterocycles. The van der Waals surface area contributed by atoms with Gasteiger partial charge < -0.3 is 15.7 Å². The summed E-state index contributed by atoms with van der Waals surface area (Å²) in [4.78, 5) is 4.84. The molecule has 3 N–H and O–H groups in total. The number of aliphatic hydroxyl groups excluding tert-OH is 1. The van der Waals surface area contributed by atoms with Crippen LogP contribution >= 0.6 is 0 Å². The third kappa shape index (κ3) is 5.34. The molecule has 0 aromatic carbocycles. The number of rotatable bonds is 7. The van der Waals surface area contributed by atoms with Crippen molar-refractivity contribution in [2.24, 2.45) is 5.73 Å². The van der Waals surface area contributed by atoms with Gasteiger partial charge >= 0.3 is 0 Å². The second-order valence-corrected chi connectivity index (χ2v) is 6.01. The number of likely N-dealkylation sites (tertiary alicyclic amines) is 1. The van der Waals surface area contributed by atoms with Crippen molar-refractivity contribution in [1.29, 1.82) is 0 Å². The molecule has 1 saturated heterocycles. The minimum atomic E-state index is -0.406. The van der Waals surface area contributed by atoms with Crippen LogP contribution in [-0.2, 0) is 0 Å². The van der Waals surface area contributed by atoms with Gasteiger partial charge in [0.05, 0.1) is 6.61 Å². The van der Waals surface area contributed by atoms with E-state index in [-0.39, 0.29) is 6.61 Å². The number of hydrogen-bond acceptors (Lipinski definition) is 4. The van der Waals surface area contributed by atoms with Crippen LogP contribution in [0, 0.1) is 0 Å². The van der Waals surface area contributed by atoms with Gasteiger partial charge in [-0.15, -0.1) is 0 Å². The third-order valence-corrected chi connectivity index (χ3v) is 3.63. The molecule has 1 fully saturated rings. The fraction of sp³-hybridized carbons (Fsp3) is 1.00. The first kappa shape index (κ1) is 14.9. The Bertz CT molecular complexity index is 219. The molecule has 0 aliphatic carbocycles. The summed E-state index contributed by atoms with van der Waals surface area (Å²) in [6, 6.07) is 0.711. The Morgan fingerprint density at radius 2 is 2.18 bits per heavy atom. The Hall–Kier alpha value is -0.160. The molecule has 17 heavy (non-hydrogen) atoms. The molecular formula is C13H29N3O. The summed E-state index contributed by atoms with van der Waals surface area (Å²) in [6.07, 6.45) is 4.61. The molecule has 0 radical (unpaired) electrons. The standard InChI is InChI=1S/C13H29N3O/c1-13(14,11-17)7-5-9-16-8-4-6-12(16)10-15(2)3/h12,17H,4-11,14H2,1-3H3. The van der Waals surface area contributed by atoms with Gasteiger partial charge in [-0.25, -0.2) is 0 Å². The maximum Gasteiger partial charge on any atom is 0.0608 e. The Morgan fingerprint density at radius 1 is 1.47 bits per heavy atom. The fourth-order valence-corrected chi connectivity index (χ4v) is 2.58. The highest BCUT2D eigenvalue weighted by Gasteiger charge is 2.25. The average molecular weight is 243 g/mol. The normalized spacial score (nSPS) is 25.4. The number of aliphatic hydroxyl groups is 1. The summed E-state index contributed by atoms with van der Waals surface area (Å²) in [5.74, 6) is 0. The van der Waals surface area contributed by atoms with E-state index in [1.807, 2.05) is 6.92 Å². The lowest BCUT2D eigenvalue weighted by Gasteiger charge is -2.28. The summed E-state index contributed by atoms with van der Waals surface area (Å²) in [6.45, 7) is 5.49. The molecule has 0 spiro atoms. The van der Waals surface area contributed by atoms with Crippen molar-refractivity contribution in [3.8, 4) is 0 Å². The monoisotopic (exact) mass is 243 g/mol. The summed E-state index contributed by atoms with van der Waals surface area (Å²) in [7, 11) is 4.28. The molecule has 2 unspecified atom stereocenters. The summed E-state index contributed by atoms with van der Waals surface area (Å²) < 4.78 is 0. The largest absolute Gasteiger partial charge is 0.394 e. The zero-order chi connectivity index (χ0) is 12.9. The zero-order valence-electron chi connectivity index (χ0n) is 11.7. The van der Waals surface area contributed by atoms with Gasteiger partial charge in [0.2, 0.25) is 0 Å². The van der Waals surface area contributed by atoms with Crippen LogP contribution < -0.4 is 5.73 Å². The number of hydrogen-bond donors (Lipinski definition) is 2. The van der Waals surface area contributed by atoms with Crippen molar-refractivity contribution in [2.75, 3.05) is 40.3 Å². The highest BCUT2D eigenvalue weighted by molar-refractivity contribution is 4.83. The summed E-state index contributed by atoms with van der Waals surface area (Å²) >= 11 is 0. The van der Waals surface area contributed by atoms with Crippen molar-refractivity contribution in [3.05, 3.63) is 0 Å². The molecule has 0 saturated carbocycles. The summed E-state index contributed by atoms with van der Waals surface area (Å²) in [5, 5.41) is 9.11. The average Bonchev–Trinajstić information content (AvgIpc) is 2.65. The maximum absolute atomic E-state index is 9.11. The van der Waals surface area contributed by atoms with Gasteiger partial charge in [-0.1, -0.05) is 0 Å². The van der Waals surface area contributed by atoms with Crippen molar-refractivity contribution < 1.29 is 5.11 Å². The van der Waals surface area contributed by atoms with Crippen LogP contribution in [0.4, 0.5) is 0 Å². The molecule has 0 bridgehead atoms. The quantitative estimate of drug-likeness (QED) is 0.684. The molecule has 0 aromatic rings. The van der Waals surface area contributed by atoms with Gasteiger partial charge in [0.1, 0.15) is 0 Å². The van der Waals surface area contributed by atoms with E-state index in [2.05, 4.69) is 23.9 Å². The van der Waals surface area contributed by atoms with Gasteiger partial charge in [-0.2, -0.15) is 0 Å². The molecule has 102 valence electrons. The molecule has 2 atom stereocenters. The van der Waals surface area contributed by atoms with Crippen LogP contribution in [0.5, 0.6) is 0 Å². The Labute approximate surface area is 106 Å². The van der Waals surface area contributed by atoms with E-state index in [1.165, 1.54) is 19.4 Å². The lowest BCUT2D eigenvalue weighted by molar-refractivity contribution is 0.175. The second-order valence-electron chi connectivity index (χ2n) is 6.01. The molecule has 4 nitrogen and oxygen atoms in total. The molecule has 1 heterocycles. The summed E-state index contributed by atoms with van der Waals surface area (Å²) in [5.41, 5.74) is 5.53. The molecule has 1 aliphatic rings. The van der Waals surface area contributed by atoms with E-state index in [1.54, 1.807) is 0 Å².